The molecule has 30 heavy (non-hydrogen) atoms. The van der Waals surface area contributed by atoms with E-state index in [0.29, 0.717) is 43.9 Å². The van der Waals surface area contributed by atoms with E-state index in [0.717, 1.165) is 15.8 Å². The van der Waals surface area contributed by atoms with Gasteiger partial charge in [-0.2, -0.15) is 18.3 Å². The lowest BCUT2D eigenvalue weighted by Gasteiger charge is -2.41. The van der Waals surface area contributed by atoms with E-state index in [1.165, 1.54) is 0 Å². The van der Waals surface area contributed by atoms with Crippen LogP contribution < -0.4 is 5.32 Å². The number of aromatic nitrogens is 2. The van der Waals surface area contributed by atoms with Crippen molar-refractivity contribution in [3.05, 3.63) is 47.2 Å². The number of alkyl halides is 3. The van der Waals surface area contributed by atoms with E-state index in [2.05, 4.69) is 10.4 Å². The Bertz CT molecular complexity index is 915. The molecule has 5 nitrogen and oxygen atoms in total. The number of anilines is 1. The highest BCUT2D eigenvalue weighted by Crippen LogP contribution is 2.42. The van der Waals surface area contributed by atoms with Crippen LogP contribution >= 0.6 is 0 Å². The van der Waals surface area contributed by atoms with E-state index < -0.39 is 12.2 Å². The van der Waals surface area contributed by atoms with Gasteiger partial charge in [0.1, 0.15) is 5.82 Å². The third-order valence-corrected chi connectivity index (χ3v) is 6.24. The molecule has 1 aromatic heterocycles. The van der Waals surface area contributed by atoms with Gasteiger partial charge < -0.3 is 10.2 Å². The van der Waals surface area contributed by atoms with Crippen LogP contribution in [0.3, 0.4) is 0 Å². The highest BCUT2D eigenvalue weighted by atomic mass is 19.4. The number of hydrogen-bond donors (Lipinski definition) is 1. The van der Waals surface area contributed by atoms with Crippen molar-refractivity contribution in [2.75, 3.05) is 18.4 Å². The maximum atomic E-state index is 13.6. The van der Waals surface area contributed by atoms with Gasteiger partial charge in [0.15, 0.2) is 6.04 Å². The van der Waals surface area contributed by atoms with Gasteiger partial charge in [-0.1, -0.05) is 29.8 Å². The smallest absolute Gasteiger partial charge is 0.367 e. The van der Waals surface area contributed by atoms with Gasteiger partial charge in [-0.15, -0.1) is 0 Å². The van der Waals surface area contributed by atoms with Crippen molar-refractivity contribution in [1.29, 1.82) is 0 Å². The van der Waals surface area contributed by atoms with Crippen LogP contribution in [0.15, 0.2) is 30.3 Å². The Balaban J connectivity index is 1.38. The SMILES string of the molecule is Cc1cccc(CC(=O)N2CCC([C@@H]3C[C@H](C(F)(F)F)n4nc(C)cc4N3)CC2)c1. The highest BCUT2D eigenvalue weighted by Gasteiger charge is 2.47. The molecule has 0 unspecified atom stereocenters. The summed E-state index contributed by atoms with van der Waals surface area (Å²) in [5.74, 6) is 0.614. The number of halogens is 3. The number of piperidine rings is 1. The molecule has 8 heteroatoms. The Hall–Kier alpha value is -2.51. The van der Waals surface area contributed by atoms with Crippen LogP contribution in [0.1, 0.15) is 42.1 Å². The summed E-state index contributed by atoms with van der Waals surface area (Å²) in [5, 5.41) is 7.32. The Morgan fingerprint density at radius 1 is 1.20 bits per heavy atom. The number of likely N-dealkylation sites (tertiary alicyclic amines) is 1. The van der Waals surface area contributed by atoms with Crippen LogP contribution in [0.25, 0.3) is 0 Å². The Morgan fingerprint density at radius 2 is 1.93 bits per heavy atom. The quantitative estimate of drug-likeness (QED) is 0.807. The van der Waals surface area contributed by atoms with E-state index in [4.69, 9.17) is 0 Å². The van der Waals surface area contributed by atoms with Gasteiger partial charge in [0.25, 0.3) is 0 Å². The zero-order chi connectivity index (χ0) is 21.5. The predicted molar refractivity (Wildman–Crippen MR) is 108 cm³/mol. The molecule has 0 bridgehead atoms. The predicted octanol–water partition coefficient (Wildman–Crippen LogP) is 4.27. The topological polar surface area (TPSA) is 50.2 Å². The molecule has 3 heterocycles. The van der Waals surface area contributed by atoms with Crippen LogP contribution in [0.2, 0.25) is 0 Å². The summed E-state index contributed by atoms with van der Waals surface area (Å²) in [6.07, 6.45) is -2.59. The first-order chi connectivity index (χ1) is 14.2. The number of hydrogen-bond acceptors (Lipinski definition) is 3. The van der Waals surface area contributed by atoms with Crippen LogP contribution in [0, 0.1) is 19.8 Å². The summed E-state index contributed by atoms with van der Waals surface area (Å²) >= 11 is 0. The molecule has 4 rings (SSSR count). The number of nitrogens with zero attached hydrogens (tertiary/aromatic N) is 3. The highest BCUT2D eigenvalue weighted by molar-refractivity contribution is 5.78. The maximum absolute atomic E-state index is 13.6. The van der Waals surface area contributed by atoms with Crippen molar-refractivity contribution in [2.24, 2.45) is 5.92 Å². The largest absolute Gasteiger partial charge is 0.410 e. The van der Waals surface area contributed by atoms with Crippen molar-refractivity contribution < 1.29 is 18.0 Å². The van der Waals surface area contributed by atoms with Gasteiger partial charge >= 0.3 is 6.18 Å². The first-order valence-corrected chi connectivity index (χ1v) is 10.4. The Labute approximate surface area is 174 Å². The van der Waals surface area contributed by atoms with Crippen LogP contribution in [-0.4, -0.2) is 45.9 Å². The minimum Gasteiger partial charge on any atom is -0.367 e. The number of carbonyl (C=O) groups is 1. The third kappa shape index (κ3) is 4.32. The van der Waals surface area contributed by atoms with Gasteiger partial charge in [-0.25, -0.2) is 4.68 Å². The van der Waals surface area contributed by atoms with Crippen LogP contribution in [-0.2, 0) is 11.2 Å². The average Bonchev–Trinajstić information content (AvgIpc) is 3.06. The molecule has 2 aliphatic rings. The van der Waals surface area contributed by atoms with Crippen molar-refractivity contribution in [2.45, 2.75) is 57.8 Å². The van der Waals surface area contributed by atoms with E-state index in [1.54, 1.807) is 13.0 Å². The van der Waals surface area contributed by atoms with E-state index in [-0.39, 0.29) is 24.3 Å². The number of rotatable bonds is 3. The van der Waals surface area contributed by atoms with Gasteiger partial charge in [0.2, 0.25) is 5.91 Å². The van der Waals surface area contributed by atoms with Crippen LogP contribution in [0.4, 0.5) is 19.0 Å². The number of aryl methyl sites for hydroxylation is 2. The maximum Gasteiger partial charge on any atom is 0.410 e. The van der Waals surface area contributed by atoms with E-state index in [1.807, 2.05) is 36.1 Å². The van der Waals surface area contributed by atoms with Gasteiger partial charge in [0, 0.05) is 25.2 Å². The van der Waals surface area contributed by atoms with Crippen molar-refractivity contribution in [1.82, 2.24) is 14.7 Å². The summed E-state index contributed by atoms with van der Waals surface area (Å²) in [7, 11) is 0. The molecule has 0 saturated carbocycles. The molecule has 1 aromatic carbocycles. The Kier molecular flexibility index (Phi) is 5.51. The van der Waals surface area contributed by atoms with Gasteiger partial charge in [-0.3, -0.25) is 4.79 Å². The van der Waals surface area contributed by atoms with Gasteiger partial charge in [-0.05, 0) is 44.6 Å². The molecule has 1 fully saturated rings. The number of nitrogens with one attached hydrogen (secondary N) is 1. The molecule has 162 valence electrons. The third-order valence-electron chi connectivity index (χ3n) is 6.24. The standard InChI is InChI=1S/C22H27F3N4O/c1-14-4-3-5-16(10-14)12-21(30)28-8-6-17(7-9-28)18-13-19(22(23,24)25)29-20(26-18)11-15(2)27-29/h3-5,10-11,17-19,26H,6-9,12-13H2,1-2H3/t18-,19+/m0/s1. The first-order valence-electron chi connectivity index (χ1n) is 10.4. The molecule has 2 atom stereocenters. The second-order valence-corrected chi connectivity index (χ2v) is 8.54. The summed E-state index contributed by atoms with van der Waals surface area (Å²) in [6, 6.07) is 7.71. The molecule has 2 aromatic rings. The van der Waals surface area contributed by atoms with Crippen molar-refractivity contribution >= 4 is 11.7 Å². The molecule has 1 amide bonds. The van der Waals surface area contributed by atoms with Crippen molar-refractivity contribution in [3.63, 3.8) is 0 Å². The molecule has 1 N–H and O–H groups in total. The number of amides is 1. The number of carbonyl (C=O) groups excluding carboxylic acids is 1. The van der Waals surface area contributed by atoms with E-state index >= 15 is 0 Å². The zero-order valence-electron chi connectivity index (χ0n) is 17.2. The molecule has 0 radical (unpaired) electrons. The number of fused-ring (bicyclic) bond motifs is 1. The minimum atomic E-state index is -4.34. The summed E-state index contributed by atoms with van der Waals surface area (Å²) < 4.78 is 42.0. The lowest BCUT2D eigenvalue weighted by molar-refractivity contribution is -0.174. The molecule has 0 aliphatic carbocycles. The van der Waals surface area contributed by atoms with Crippen molar-refractivity contribution in [3.8, 4) is 0 Å². The van der Waals surface area contributed by atoms with Crippen LogP contribution in [0.5, 0.6) is 0 Å². The summed E-state index contributed by atoms with van der Waals surface area (Å²) in [6.45, 7) is 4.87. The number of benzene rings is 1. The minimum absolute atomic E-state index is 0.0282. The average molecular weight is 420 g/mol. The molecule has 0 spiro atoms. The second-order valence-electron chi connectivity index (χ2n) is 8.54. The first kappa shape index (κ1) is 20.8. The molecule has 2 aliphatic heterocycles. The normalized spacial score (nSPS) is 22.5. The fourth-order valence-corrected chi connectivity index (χ4v) is 4.69. The second kappa shape index (κ2) is 7.96. The lowest BCUT2D eigenvalue weighted by Crippen LogP contribution is -2.47. The monoisotopic (exact) mass is 420 g/mol. The summed E-state index contributed by atoms with van der Waals surface area (Å²) in [4.78, 5) is 14.5. The lowest BCUT2D eigenvalue weighted by atomic mass is 9.84. The Morgan fingerprint density at radius 3 is 2.60 bits per heavy atom. The molecular formula is C22H27F3N4O. The van der Waals surface area contributed by atoms with E-state index in [9.17, 15) is 18.0 Å². The fraction of sp³-hybridized carbons (Fsp3) is 0.545. The molecule has 1 saturated heterocycles. The zero-order valence-corrected chi connectivity index (χ0v) is 17.2. The fourth-order valence-electron chi connectivity index (χ4n) is 4.69. The summed E-state index contributed by atoms with van der Waals surface area (Å²) in [5.41, 5.74) is 2.69. The molecular weight excluding hydrogens is 393 g/mol. The van der Waals surface area contributed by atoms with Gasteiger partial charge in [0.05, 0.1) is 12.1 Å².